The molecule has 0 radical (unpaired) electrons. The molecule has 104 valence electrons. The maximum atomic E-state index is 10.9. The molecule has 1 heterocycles. The molecule has 0 amide bonds. The van der Waals surface area contributed by atoms with Gasteiger partial charge >= 0.3 is 5.97 Å². The molecular formula is C13H19N3O3. The SMILES string of the molecule is COc1cc(NCC2(CC(=O)O)CCC2)nc(C)n1. The van der Waals surface area contributed by atoms with Crippen molar-refractivity contribution in [3.05, 3.63) is 11.9 Å². The van der Waals surface area contributed by atoms with E-state index in [1.54, 1.807) is 20.1 Å². The Morgan fingerprint density at radius 1 is 1.53 bits per heavy atom. The standard InChI is InChI=1S/C13H19N3O3/c1-9-15-10(6-11(16-9)19-2)14-8-13(4-3-5-13)7-12(17)18/h6H,3-5,7-8H2,1-2H3,(H,17,18)(H,14,15,16). The van der Waals surface area contributed by atoms with E-state index in [9.17, 15) is 4.79 Å². The van der Waals surface area contributed by atoms with Crippen LogP contribution in [-0.4, -0.2) is 34.7 Å². The molecule has 1 aromatic heterocycles. The molecule has 1 saturated carbocycles. The number of ether oxygens (including phenoxy) is 1. The third-order valence-electron chi connectivity index (χ3n) is 3.61. The number of hydrogen-bond donors (Lipinski definition) is 2. The molecule has 1 aromatic rings. The molecule has 19 heavy (non-hydrogen) atoms. The van der Waals surface area contributed by atoms with E-state index in [0.29, 0.717) is 24.1 Å². The van der Waals surface area contributed by atoms with Gasteiger partial charge in [0.25, 0.3) is 0 Å². The predicted octanol–water partition coefficient (Wildman–Crippen LogP) is 1.85. The second-order valence-electron chi connectivity index (χ2n) is 5.12. The molecule has 0 atom stereocenters. The topological polar surface area (TPSA) is 84.3 Å². The first-order chi connectivity index (χ1) is 9.03. The summed E-state index contributed by atoms with van der Waals surface area (Å²) in [5.41, 5.74) is -0.127. The fraction of sp³-hybridized carbons (Fsp3) is 0.615. The van der Waals surface area contributed by atoms with Crippen molar-refractivity contribution in [2.24, 2.45) is 5.41 Å². The summed E-state index contributed by atoms with van der Waals surface area (Å²) in [6.07, 6.45) is 3.21. The zero-order valence-corrected chi connectivity index (χ0v) is 11.3. The zero-order valence-electron chi connectivity index (χ0n) is 11.3. The summed E-state index contributed by atoms with van der Waals surface area (Å²) in [6, 6.07) is 1.72. The van der Waals surface area contributed by atoms with Crippen LogP contribution in [0.25, 0.3) is 0 Å². The van der Waals surface area contributed by atoms with Crippen molar-refractivity contribution in [2.45, 2.75) is 32.6 Å². The van der Waals surface area contributed by atoms with Crippen LogP contribution in [0.3, 0.4) is 0 Å². The zero-order chi connectivity index (χ0) is 13.9. The van der Waals surface area contributed by atoms with Gasteiger partial charge in [0.1, 0.15) is 11.6 Å². The summed E-state index contributed by atoms with van der Waals surface area (Å²) in [5, 5.41) is 12.2. The van der Waals surface area contributed by atoms with Gasteiger partial charge in [0.05, 0.1) is 13.5 Å². The number of nitrogens with one attached hydrogen (secondary N) is 1. The van der Waals surface area contributed by atoms with Crippen molar-refractivity contribution in [1.29, 1.82) is 0 Å². The third kappa shape index (κ3) is 3.33. The molecule has 2 rings (SSSR count). The molecule has 0 unspecified atom stereocenters. The van der Waals surface area contributed by atoms with Crippen LogP contribution in [0, 0.1) is 12.3 Å². The third-order valence-corrected chi connectivity index (χ3v) is 3.61. The molecule has 6 nitrogen and oxygen atoms in total. The number of aryl methyl sites for hydroxylation is 1. The van der Waals surface area contributed by atoms with Crippen LogP contribution in [0.15, 0.2) is 6.07 Å². The number of carbonyl (C=O) groups is 1. The molecule has 0 aromatic carbocycles. The lowest BCUT2D eigenvalue weighted by molar-refractivity contribution is -0.141. The van der Waals surface area contributed by atoms with Gasteiger partial charge < -0.3 is 15.2 Å². The number of anilines is 1. The second-order valence-corrected chi connectivity index (χ2v) is 5.12. The van der Waals surface area contributed by atoms with Gasteiger partial charge in [-0.25, -0.2) is 4.98 Å². The lowest BCUT2D eigenvalue weighted by atomic mass is 9.66. The Kier molecular flexibility index (Phi) is 3.87. The van der Waals surface area contributed by atoms with Gasteiger partial charge in [0, 0.05) is 12.6 Å². The number of carboxylic acids is 1. The molecule has 6 heteroatoms. The van der Waals surface area contributed by atoms with Crippen molar-refractivity contribution in [3.63, 3.8) is 0 Å². The molecule has 1 aliphatic rings. The predicted molar refractivity (Wildman–Crippen MR) is 70.3 cm³/mol. The van der Waals surface area contributed by atoms with Crippen LogP contribution >= 0.6 is 0 Å². The Hall–Kier alpha value is -1.85. The maximum absolute atomic E-state index is 10.9. The van der Waals surface area contributed by atoms with E-state index in [1.807, 2.05) is 0 Å². The molecule has 0 saturated heterocycles. The summed E-state index contributed by atoms with van der Waals surface area (Å²) in [4.78, 5) is 19.3. The molecular weight excluding hydrogens is 246 g/mol. The van der Waals surface area contributed by atoms with Crippen molar-refractivity contribution in [3.8, 4) is 5.88 Å². The van der Waals surface area contributed by atoms with Crippen molar-refractivity contribution < 1.29 is 14.6 Å². The van der Waals surface area contributed by atoms with Crippen molar-refractivity contribution in [2.75, 3.05) is 19.0 Å². The van der Waals surface area contributed by atoms with Gasteiger partial charge in [-0.2, -0.15) is 4.98 Å². The monoisotopic (exact) mass is 265 g/mol. The van der Waals surface area contributed by atoms with E-state index in [1.165, 1.54) is 0 Å². The lowest BCUT2D eigenvalue weighted by Crippen LogP contribution is -2.38. The smallest absolute Gasteiger partial charge is 0.303 e. The maximum Gasteiger partial charge on any atom is 0.303 e. The lowest BCUT2D eigenvalue weighted by Gasteiger charge is -2.41. The Morgan fingerprint density at radius 2 is 2.26 bits per heavy atom. The van der Waals surface area contributed by atoms with E-state index in [0.717, 1.165) is 19.3 Å². The van der Waals surface area contributed by atoms with Crippen molar-refractivity contribution in [1.82, 2.24) is 9.97 Å². The fourth-order valence-corrected chi connectivity index (χ4v) is 2.43. The average molecular weight is 265 g/mol. The number of aliphatic carboxylic acids is 1. The Balaban J connectivity index is 2.01. The minimum absolute atomic E-state index is 0.127. The second kappa shape index (κ2) is 5.42. The van der Waals surface area contributed by atoms with Gasteiger partial charge in [0.2, 0.25) is 5.88 Å². The molecule has 1 fully saturated rings. The van der Waals surface area contributed by atoms with Crippen LogP contribution < -0.4 is 10.1 Å². The number of nitrogens with zero attached hydrogens (tertiary/aromatic N) is 2. The first-order valence-electron chi connectivity index (χ1n) is 6.38. The highest BCUT2D eigenvalue weighted by Crippen LogP contribution is 2.43. The van der Waals surface area contributed by atoms with Gasteiger partial charge in [-0.15, -0.1) is 0 Å². The summed E-state index contributed by atoms with van der Waals surface area (Å²) < 4.78 is 5.09. The van der Waals surface area contributed by atoms with E-state index >= 15 is 0 Å². The molecule has 2 N–H and O–H groups in total. The van der Waals surface area contributed by atoms with Gasteiger partial charge in [-0.05, 0) is 25.2 Å². The number of hydrogen-bond acceptors (Lipinski definition) is 5. The van der Waals surface area contributed by atoms with Crippen molar-refractivity contribution >= 4 is 11.8 Å². The number of methoxy groups -OCH3 is 1. The number of aromatic nitrogens is 2. The van der Waals surface area contributed by atoms with Crippen LogP contribution in [0.1, 0.15) is 31.5 Å². The highest BCUT2D eigenvalue weighted by molar-refractivity contribution is 5.68. The number of rotatable bonds is 6. The van der Waals surface area contributed by atoms with Crippen LogP contribution in [0.2, 0.25) is 0 Å². The average Bonchev–Trinajstić information content (AvgIpc) is 2.31. The normalized spacial score (nSPS) is 16.5. The van der Waals surface area contributed by atoms with E-state index in [2.05, 4.69) is 15.3 Å². The summed E-state index contributed by atoms with van der Waals surface area (Å²) in [7, 11) is 1.56. The molecule has 1 aliphatic carbocycles. The Labute approximate surface area is 112 Å². The van der Waals surface area contributed by atoms with Crippen LogP contribution in [0.5, 0.6) is 5.88 Å². The summed E-state index contributed by atoms with van der Waals surface area (Å²) in [5.74, 6) is 1.08. The van der Waals surface area contributed by atoms with Gasteiger partial charge in [-0.3, -0.25) is 4.79 Å². The summed E-state index contributed by atoms with van der Waals surface area (Å²) in [6.45, 7) is 2.42. The van der Waals surface area contributed by atoms with E-state index in [-0.39, 0.29) is 11.8 Å². The van der Waals surface area contributed by atoms with Crippen LogP contribution in [0.4, 0.5) is 5.82 Å². The minimum atomic E-state index is -0.738. The van der Waals surface area contributed by atoms with E-state index < -0.39 is 5.97 Å². The van der Waals surface area contributed by atoms with Gasteiger partial charge in [0.15, 0.2) is 0 Å². The van der Waals surface area contributed by atoms with Gasteiger partial charge in [-0.1, -0.05) is 6.42 Å². The first-order valence-corrected chi connectivity index (χ1v) is 6.38. The Bertz CT molecular complexity index is 472. The fourth-order valence-electron chi connectivity index (χ4n) is 2.43. The highest BCUT2D eigenvalue weighted by atomic mass is 16.5. The molecule has 0 spiro atoms. The quantitative estimate of drug-likeness (QED) is 0.816. The Morgan fingerprint density at radius 3 is 2.79 bits per heavy atom. The number of carboxylic acid groups (broad SMARTS) is 1. The largest absolute Gasteiger partial charge is 0.481 e. The molecule has 0 aliphatic heterocycles. The van der Waals surface area contributed by atoms with Crippen LogP contribution in [-0.2, 0) is 4.79 Å². The van der Waals surface area contributed by atoms with E-state index in [4.69, 9.17) is 9.84 Å². The first kappa shape index (κ1) is 13.6. The summed E-state index contributed by atoms with van der Waals surface area (Å²) >= 11 is 0. The highest BCUT2D eigenvalue weighted by Gasteiger charge is 2.38. The minimum Gasteiger partial charge on any atom is -0.481 e. The molecule has 0 bridgehead atoms.